The first-order valence-electron chi connectivity index (χ1n) is 11.5. The molecule has 0 saturated carbocycles. The molecule has 2 aromatic carbocycles. The minimum atomic E-state index is -1.39. The van der Waals surface area contributed by atoms with Crippen molar-refractivity contribution in [2.45, 2.75) is 50.3 Å². The molecule has 34 heavy (non-hydrogen) atoms. The van der Waals surface area contributed by atoms with Gasteiger partial charge in [0.2, 0.25) is 5.91 Å². The number of nitrogens with zero attached hydrogens (tertiary/aromatic N) is 1. The van der Waals surface area contributed by atoms with E-state index < -0.39 is 29.6 Å². The molecule has 0 bridgehead atoms. The Balaban J connectivity index is 1.43. The van der Waals surface area contributed by atoms with Crippen LogP contribution in [0.3, 0.4) is 0 Å². The second-order valence-electron chi connectivity index (χ2n) is 9.02. The number of methoxy groups -OCH3 is 1. The fourth-order valence-corrected chi connectivity index (χ4v) is 5.03. The van der Waals surface area contributed by atoms with Crippen LogP contribution >= 0.6 is 0 Å². The monoisotopic (exact) mass is 466 g/mol. The summed E-state index contributed by atoms with van der Waals surface area (Å²) in [4.78, 5) is 39.1. The van der Waals surface area contributed by atoms with Crippen LogP contribution in [-0.2, 0) is 19.1 Å². The van der Waals surface area contributed by atoms with Crippen molar-refractivity contribution in [3.05, 3.63) is 59.7 Å². The molecular weight excluding hydrogens is 436 g/mol. The van der Waals surface area contributed by atoms with Gasteiger partial charge in [0.25, 0.3) is 0 Å². The fraction of sp³-hybridized carbons (Fsp3) is 0.423. The van der Waals surface area contributed by atoms with Crippen molar-refractivity contribution in [2.75, 3.05) is 20.3 Å². The average Bonchev–Trinajstić information content (AvgIpc) is 3.36. The lowest BCUT2D eigenvalue weighted by molar-refractivity contribution is -0.156. The Morgan fingerprint density at radius 2 is 1.71 bits per heavy atom. The van der Waals surface area contributed by atoms with E-state index in [4.69, 9.17) is 9.47 Å². The predicted octanol–water partition coefficient (Wildman–Crippen LogP) is 3.39. The van der Waals surface area contributed by atoms with Gasteiger partial charge in [0, 0.05) is 26.0 Å². The van der Waals surface area contributed by atoms with Crippen molar-refractivity contribution in [1.82, 2.24) is 10.2 Å². The van der Waals surface area contributed by atoms with Crippen molar-refractivity contribution in [2.24, 2.45) is 0 Å². The fourth-order valence-electron chi connectivity index (χ4n) is 5.03. The summed E-state index contributed by atoms with van der Waals surface area (Å²) in [5.41, 5.74) is 3.06. The maximum Gasteiger partial charge on any atom is 0.407 e. The van der Waals surface area contributed by atoms with Gasteiger partial charge in [-0.15, -0.1) is 0 Å². The number of carbonyl (C=O) groups excluding carboxylic acids is 2. The minimum Gasteiger partial charge on any atom is -0.480 e. The lowest BCUT2D eigenvalue weighted by atomic mass is 9.97. The SMILES string of the molecule is CC[C@H](NC(=O)OCC1c2ccccc2-c2ccccc21)C(=O)N1CC(OC)CC1(C)C(=O)O. The summed E-state index contributed by atoms with van der Waals surface area (Å²) in [6.45, 7) is 3.55. The van der Waals surface area contributed by atoms with Gasteiger partial charge in [-0.1, -0.05) is 55.5 Å². The topological polar surface area (TPSA) is 105 Å². The Labute approximate surface area is 198 Å². The molecule has 0 aromatic heterocycles. The number of carboxylic acids is 1. The standard InChI is InChI=1S/C26H30N2O6/c1-4-22(23(29)28-14-16(33-3)13-26(28,2)24(30)31)27-25(32)34-15-21-19-11-7-5-9-17(19)18-10-6-8-12-20(18)21/h5-12,16,21-22H,4,13-15H2,1-3H3,(H,27,32)(H,30,31)/t16?,22-,26?/m0/s1. The maximum atomic E-state index is 13.2. The van der Waals surface area contributed by atoms with Gasteiger partial charge in [0.15, 0.2) is 0 Å². The highest BCUT2D eigenvalue weighted by Crippen LogP contribution is 2.44. The number of amides is 2. The number of rotatable bonds is 7. The van der Waals surface area contributed by atoms with Gasteiger partial charge in [-0.25, -0.2) is 9.59 Å². The van der Waals surface area contributed by atoms with Crippen LogP contribution in [-0.4, -0.2) is 65.9 Å². The number of aliphatic carboxylic acids is 1. The van der Waals surface area contributed by atoms with Gasteiger partial charge < -0.3 is 24.8 Å². The largest absolute Gasteiger partial charge is 0.480 e. The molecule has 1 saturated heterocycles. The molecule has 3 atom stereocenters. The molecule has 2 aromatic rings. The smallest absolute Gasteiger partial charge is 0.407 e. The third-order valence-electron chi connectivity index (χ3n) is 7.01. The molecule has 2 aliphatic rings. The minimum absolute atomic E-state index is 0.0923. The van der Waals surface area contributed by atoms with Gasteiger partial charge in [-0.05, 0) is 35.6 Å². The van der Waals surface area contributed by atoms with Crippen molar-refractivity contribution in [1.29, 1.82) is 0 Å². The summed E-state index contributed by atoms with van der Waals surface area (Å²) in [5, 5.41) is 12.4. The number of benzene rings is 2. The van der Waals surface area contributed by atoms with E-state index in [1.165, 1.54) is 18.9 Å². The predicted molar refractivity (Wildman–Crippen MR) is 125 cm³/mol. The zero-order valence-electron chi connectivity index (χ0n) is 19.6. The molecule has 180 valence electrons. The van der Waals surface area contributed by atoms with Crippen LogP contribution in [0.15, 0.2) is 48.5 Å². The Kier molecular flexibility index (Phi) is 6.61. The van der Waals surface area contributed by atoms with Gasteiger partial charge in [-0.2, -0.15) is 0 Å². The van der Waals surface area contributed by atoms with E-state index in [0.29, 0.717) is 6.42 Å². The van der Waals surface area contributed by atoms with Crippen LogP contribution in [0.5, 0.6) is 0 Å². The van der Waals surface area contributed by atoms with E-state index in [9.17, 15) is 19.5 Å². The van der Waals surface area contributed by atoms with Crippen molar-refractivity contribution < 1.29 is 29.0 Å². The first-order chi connectivity index (χ1) is 16.3. The number of carboxylic acid groups (broad SMARTS) is 1. The van der Waals surface area contributed by atoms with Crippen LogP contribution in [0, 0.1) is 0 Å². The third kappa shape index (κ3) is 4.14. The Hall–Kier alpha value is -3.39. The van der Waals surface area contributed by atoms with Gasteiger partial charge >= 0.3 is 12.1 Å². The van der Waals surface area contributed by atoms with Gasteiger partial charge in [0.1, 0.15) is 18.2 Å². The van der Waals surface area contributed by atoms with Crippen LogP contribution in [0.2, 0.25) is 0 Å². The highest BCUT2D eigenvalue weighted by atomic mass is 16.5. The Bertz CT molecular complexity index is 1060. The first-order valence-corrected chi connectivity index (χ1v) is 11.5. The molecule has 8 nitrogen and oxygen atoms in total. The van der Waals surface area contributed by atoms with E-state index in [-0.39, 0.29) is 31.6 Å². The number of fused-ring (bicyclic) bond motifs is 3. The summed E-state index contributed by atoms with van der Waals surface area (Å²) in [6, 6.07) is 15.2. The van der Waals surface area contributed by atoms with Gasteiger partial charge in [0.05, 0.1) is 6.10 Å². The number of hydrogen-bond acceptors (Lipinski definition) is 5. The van der Waals surface area contributed by atoms with Crippen molar-refractivity contribution in [3.63, 3.8) is 0 Å². The van der Waals surface area contributed by atoms with Crippen LogP contribution < -0.4 is 5.32 Å². The number of carbonyl (C=O) groups is 3. The van der Waals surface area contributed by atoms with E-state index in [1.807, 2.05) is 36.4 Å². The molecule has 0 radical (unpaired) electrons. The summed E-state index contributed by atoms with van der Waals surface area (Å²) >= 11 is 0. The molecule has 4 rings (SSSR count). The molecule has 1 heterocycles. The zero-order valence-corrected chi connectivity index (χ0v) is 19.6. The molecule has 0 spiro atoms. The Morgan fingerprint density at radius 3 is 2.24 bits per heavy atom. The number of alkyl carbamates (subject to hydrolysis) is 1. The van der Waals surface area contributed by atoms with E-state index in [1.54, 1.807) is 6.92 Å². The van der Waals surface area contributed by atoms with Gasteiger partial charge in [-0.3, -0.25) is 4.79 Å². The molecule has 2 unspecified atom stereocenters. The maximum absolute atomic E-state index is 13.2. The summed E-state index contributed by atoms with van der Waals surface area (Å²) in [7, 11) is 1.49. The van der Waals surface area contributed by atoms with E-state index in [0.717, 1.165) is 22.3 Å². The molecule has 2 amide bonds. The summed E-state index contributed by atoms with van der Waals surface area (Å²) in [6.07, 6.45) is -0.600. The second kappa shape index (κ2) is 9.46. The van der Waals surface area contributed by atoms with Crippen molar-refractivity contribution in [3.8, 4) is 11.1 Å². The lowest BCUT2D eigenvalue weighted by Gasteiger charge is -2.33. The van der Waals surface area contributed by atoms with Crippen LogP contribution in [0.4, 0.5) is 4.79 Å². The molecule has 1 aliphatic carbocycles. The quantitative estimate of drug-likeness (QED) is 0.648. The number of nitrogens with one attached hydrogen (secondary N) is 1. The normalized spacial score (nSPS) is 22.1. The van der Waals surface area contributed by atoms with E-state index in [2.05, 4.69) is 17.4 Å². The highest BCUT2D eigenvalue weighted by Gasteiger charge is 2.51. The third-order valence-corrected chi connectivity index (χ3v) is 7.01. The second-order valence-corrected chi connectivity index (χ2v) is 9.02. The van der Waals surface area contributed by atoms with Crippen molar-refractivity contribution >= 4 is 18.0 Å². The number of likely N-dealkylation sites (tertiary alicyclic amines) is 1. The highest BCUT2D eigenvalue weighted by molar-refractivity contribution is 5.92. The Morgan fingerprint density at radius 1 is 1.12 bits per heavy atom. The molecule has 2 N–H and O–H groups in total. The summed E-state index contributed by atoms with van der Waals surface area (Å²) in [5.74, 6) is -1.65. The van der Waals surface area contributed by atoms with Crippen LogP contribution in [0.25, 0.3) is 11.1 Å². The molecule has 1 aliphatic heterocycles. The summed E-state index contributed by atoms with van der Waals surface area (Å²) < 4.78 is 10.9. The number of hydrogen-bond donors (Lipinski definition) is 2. The first kappa shape index (κ1) is 23.8. The molecular formula is C26H30N2O6. The van der Waals surface area contributed by atoms with Crippen LogP contribution in [0.1, 0.15) is 43.7 Å². The molecule has 8 heteroatoms. The average molecular weight is 467 g/mol. The van der Waals surface area contributed by atoms with E-state index >= 15 is 0 Å². The number of ether oxygens (including phenoxy) is 2. The zero-order chi connectivity index (χ0) is 24.5. The molecule has 1 fully saturated rings. The lowest BCUT2D eigenvalue weighted by Crippen LogP contribution is -2.57.